The topological polar surface area (TPSA) is 32.3 Å². The molecule has 2 unspecified atom stereocenters. The van der Waals surface area contributed by atoms with Gasteiger partial charge in [0.2, 0.25) is 0 Å². The number of nitrogens with one attached hydrogen (secondary N) is 1. The van der Waals surface area contributed by atoms with E-state index in [0.717, 1.165) is 28.0 Å². The van der Waals surface area contributed by atoms with Crippen molar-refractivity contribution < 1.29 is 5.11 Å². The molecule has 1 fully saturated rings. The summed E-state index contributed by atoms with van der Waals surface area (Å²) in [5, 5.41) is 13.9. The Morgan fingerprint density at radius 1 is 1.53 bits per heavy atom. The quantitative estimate of drug-likeness (QED) is 0.896. The first-order valence-corrected chi connectivity index (χ1v) is 6.93. The monoisotopic (exact) mass is 317 g/mol. The Morgan fingerprint density at radius 2 is 2.24 bits per heavy atom. The molecule has 2 atom stereocenters. The first kappa shape index (κ1) is 13.3. The number of benzene rings is 1. The van der Waals surface area contributed by atoms with Crippen molar-refractivity contribution in [3.63, 3.8) is 0 Å². The van der Waals surface area contributed by atoms with Crippen molar-refractivity contribution in [2.45, 2.75) is 39.0 Å². The predicted octanol–water partition coefficient (Wildman–Crippen LogP) is 3.35. The molecule has 0 bridgehead atoms. The third-order valence-corrected chi connectivity index (χ3v) is 4.62. The zero-order valence-corrected chi connectivity index (χ0v) is 12.3. The molecule has 1 aromatic rings. The molecule has 17 heavy (non-hydrogen) atoms. The van der Waals surface area contributed by atoms with Crippen LogP contribution in [0.3, 0.4) is 0 Å². The van der Waals surface area contributed by atoms with E-state index in [1.807, 2.05) is 18.2 Å². The van der Waals surface area contributed by atoms with Gasteiger partial charge in [-0.25, -0.2) is 0 Å². The highest BCUT2D eigenvalue weighted by Crippen LogP contribution is 2.40. The fourth-order valence-electron chi connectivity index (χ4n) is 2.16. The Hall–Kier alpha value is -0.0900. The lowest BCUT2D eigenvalue weighted by atomic mass is 9.64. The van der Waals surface area contributed by atoms with Crippen LogP contribution in [-0.4, -0.2) is 17.3 Å². The van der Waals surface area contributed by atoms with Gasteiger partial charge < -0.3 is 10.4 Å². The molecule has 0 aromatic heterocycles. The van der Waals surface area contributed by atoms with Gasteiger partial charge in [-0.2, -0.15) is 0 Å². The molecule has 0 aliphatic heterocycles. The van der Waals surface area contributed by atoms with Crippen LogP contribution in [0.15, 0.2) is 22.7 Å². The molecule has 2 nitrogen and oxygen atoms in total. The van der Waals surface area contributed by atoms with Gasteiger partial charge >= 0.3 is 0 Å². The second-order valence-corrected chi connectivity index (χ2v) is 6.56. The van der Waals surface area contributed by atoms with E-state index in [1.54, 1.807) is 0 Å². The smallest absolute Gasteiger partial charge is 0.0621 e. The maximum Gasteiger partial charge on any atom is 0.0621 e. The number of halogens is 2. The van der Waals surface area contributed by atoms with E-state index >= 15 is 0 Å². The summed E-state index contributed by atoms with van der Waals surface area (Å²) in [7, 11) is 0. The van der Waals surface area contributed by atoms with E-state index in [1.165, 1.54) is 0 Å². The number of hydrogen-bond donors (Lipinski definition) is 2. The molecule has 0 radical (unpaired) electrons. The number of hydrogen-bond acceptors (Lipinski definition) is 2. The molecule has 0 amide bonds. The van der Waals surface area contributed by atoms with Crippen LogP contribution >= 0.6 is 27.5 Å². The van der Waals surface area contributed by atoms with Gasteiger partial charge in [0.15, 0.2) is 0 Å². The lowest BCUT2D eigenvalue weighted by molar-refractivity contribution is -0.0729. The zero-order valence-electron chi connectivity index (χ0n) is 10.0. The highest BCUT2D eigenvalue weighted by atomic mass is 79.9. The second kappa shape index (κ2) is 4.88. The first-order valence-electron chi connectivity index (χ1n) is 5.76. The maximum absolute atomic E-state index is 9.67. The van der Waals surface area contributed by atoms with Crippen molar-refractivity contribution in [2.24, 2.45) is 5.41 Å². The van der Waals surface area contributed by atoms with Crippen LogP contribution in [0.2, 0.25) is 5.02 Å². The van der Waals surface area contributed by atoms with E-state index in [4.69, 9.17) is 11.6 Å². The normalized spacial score (nSPS) is 26.6. The Morgan fingerprint density at radius 3 is 2.82 bits per heavy atom. The average molecular weight is 319 g/mol. The summed E-state index contributed by atoms with van der Waals surface area (Å²) in [5.74, 6) is 0. The predicted molar refractivity (Wildman–Crippen MR) is 74.2 cm³/mol. The van der Waals surface area contributed by atoms with Crippen molar-refractivity contribution in [1.29, 1.82) is 0 Å². The molecular formula is C13H17BrClNO. The van der Waals surface area contributed by atoms with E-state index < -0.39 is 0 Å². The summed E-state index contributed by atoms with van der Waals surface area (Å²) in [6.45, 7) is 4.90. The summed E-state index contributed by atoms with van der Waals surface area (Å²) in [5.41, 5.74) is 1.04. The molecule has 0 saturated heterocycles. The second-order valence-electron chi connectivity index (χ2n) is 5.24. The largest absolute Gasteiger partial charge is 0.392 e. The fraction of sp³-hybridized carbons (Fsp3) is 0.538. The molecule has 4 heteroatoms. The lowest BCUT2D eigenvalue weighted by Gasteiger charge is -2.49. The van der Waals surface area contributed by atoms with Gasteiger partial charge in [0.25, 0.3) is 0 Å². The minimum Gasteiger partial charge on any atom is -0.392 e. The van der Waals surface area contributed by atoms with Gasteiger partial charge in [0.1, 0.15) is 0 Å². The minimum absolute atomic E-state index is 0.0432. The zero-order chi connectivity index (χ0) is 12.6. The van der Waals surface area contributed by atoms with Crippen LogP contribution in [0.25, 0.3) is 0 Å². The SMILES string of the molecule is CC1(C)C(O)CC1NCc1cc(Br)ccc1Cl. The van der Waals surface area contributed by atoms with Crippen LogP contribution in [0.1, 0.15) is 25.8 Å². The van der Waals surface area contributed by atoms with Crippen LogP contribution in [-0.2, 0) is 6.54 Å². The third-order valence-electron chi connectivity index (χ3n) is 3.76. The number of aliphatic hydroxyl groups excluding tert-OH is 1. The molecule has 1 aliphatic rings. The molecule has 2 N–H and O–H groups in total. The molecule has 94 valence electrons. The molecule has 0 spiro atoms. The minimum atomic E-state index is -0.196. The fourth-order valence-corrected chi connectivity index (χ4v) is 2.75. The van der Waals surface area contributed by atoms with Crippen LogP contribution in [0, 0.1) is 5.41 Å². The molecule has 2 rings (SSSR count). The van der Waals surface area contributed by atoms with Gasteiger partial charge in [-0.15, -0.1) is 0 Å². The molecule has 1 saturated carbocycles. The Labute approximate surface area is 115 Å². The van der Waals surface area contributed by atoms with Gasteiger partial charge in [0.05, 0.1) is 6.10 Å². The molecule has 1 aliphatic carbocycles. The van der Waals surface area contributed by atoms with Crippen LogP contribution in [0.5, 0.6) is 0 Å². The Balaban J connectivity index is 1.97. The van der Waals surface area contributed by atoms with E-state index in [2.05, 4.69) is 35.1 Å². The highest BCUT2D eigenvalue weighted by Gasteiger charge is 2.46. The third kappa shape index (κ3) is 2.68. The highest BCUT2D eigenvalue weighted by molar-refractivity contribution is 9.10. The van der Waals surface area contributed by atoms with Crippen molar-refractivity contribution >= 4 is 27.5 Å². The van der Waals surface area contributed by atoms with Crippen molar-refractivity contribution in [3.05, 3.63) is 33.3 Å². The summed E-state index contributed by atoms with van der Waals surface area (Å²) in [4.78, 5) is 0. The van der Waals surface area contributed by atoms with Crippen molar-refractivity contribution in [2.75, 3.05) is 0 Å². The van der Waals surface area contributed by atoms with E-state index in [9.17, 15) is 5.11 Å². The van der Waals surface area contributed by atoms with E-state index in [-0.39, 0.29) is 11.5 Å². The Bertz CT molecular complexity index is 422. The standard InChI is InChI=1S/C13H17BrClNO/c1-13(2)11(6-12(13)17)16-7-8-5-9(14)3-4-10(8)15/h3-5,11-12,16-17H,6-7H2,1-2H3. The summed E-state index contributed by atoms with van der Waals surface area (Å²) in [6.07, 6.45) is 0.622. The number of rotatable bonds is 3. The summed E-state index contributed by atoms with van der Waals surface area (Å²) in [6, 6.07) is 6.21. The van der Waals surface area contributed by atoms with Crippen molar-refractivity contribution in [1.82, 2.24) is 5.32 Å². The van der Waals surface area contributed by atoms with Gasteiger partial charge in [0, 0.05) is 27.5 Å². The van der Waals surface area contributed by atoms with Crippen LogP contribution < -0.4 is 5.32 Å². The van der Waals surface area contributed by atoms with E-state index in [0.29, 0.717) is 6.04 Å². The van der Waals surface area contributed by atoms with Gasteiger partial charge in [-0.3, -0.25) is 0 Å². The summed E-state index contributed by atoms with van der Waals surface area (Å²) < 4.78 is 1.03. The lowest BCUT2D eigenvalue weighted by Crippen LogP contribution is -2.59. The summed E-state index contributed by atoms with van der Waals surface area (Å²) >= 11 is 9.57. The average Bonchev–Trinajstić information content (AvgIpc) is 2.28. The van der Waals surface area contributed by atoms with Gasteiger partial charge in [-0.1, -0.05) is 41.4 Å². The van der Waals surface area contributed by atoms with Gasteiger partial charge in [-0.05, 0) is 30.2 Å². The molecule has 1 aromatic carbocycles. The molecule has 0 heterocycles. The Kier molecular flexibility index (Phi) is 3.83. The number of aliphatic hydroxyl groups is 1. The first-order chi connectivity index (χ1) is 7.91. The molecular weight excluding hydrogens is 302 g/mol. The van der Waals surface area contributed by atoms with Crippen LogP contribution in [0.4, 0.5) is 0 Å². The maximum atomic E-state index is 9.67. The van der Waals surface area contributed by atoms with Crippen molar-refractivity contribution in [3.8, 4) is 0 Å².